The van der Waals surface area contributed by atoms with Gasteiger partial charge in [-0.1, -0.05) is 15.9 Å². The van der Waals surface area contributed by atoms with E-state index in [0.717, 1.165) is 16.7 Å². The summed E-state index contributed by atoms with van der Waals surface area (Å²) in [4.78, 5) is 2.21. The van der Waals surface area contributed by atoms with Crippen LogP contribution in [-0.4, -0.2) is 33.9 Å². The first-order chi connectivity index (χ1) is 9.63. The van der Waals surface area contributed by atoms with Gasteiger partial charge in [0.1, 0.15) is 0 Å². The number of benzene rings is 1. The fourth-order valence-electron chi connectivity index (χ4n) is 2.05. The minimum Gasteiger partial charge on any atom is -0.383 e. The van der Waals surface area contributed by atoms with E-state index >= 15 is 0 Å². The summed E-state index contributed by atoms with van der Waals surface area (Å²) in [5.74, 6) is 0. The van der Waals surface area contributed by atoms with Gasteiger partial charge in [-0.25, -0.2) is 0 Å². The number of anilines is 1. The lowest BCUT2D eigenvalue weighted by atomic mass is 10.0. The summed E-state index contributed by atoms with van der Waals surface area (Å²) in [5.41, 5.74) is 2.37. The molecule has 1 aromatic carbocycles. The molecule has 0 bridgehead atoms. The molecule has 0 spiro atoms. The smallest absolute Gasteiger partial charge is 0.0640 e. The summed E-state index contributed by atoms with van der Waals surface area (Å²) in [7, 11) is 3.64. The Hall–Kier alpha value is -1.09. The van der Waals surface area contributed by atoms with Crippen LogP contribution in [-0.2, 0) is 4.74 Å². The van der Waals surface area contributed by atoms with E-state index in [-0.39, 0.29) is 6.04 Å². The highest BCUT2D eigenvalue weighted by molar-refractivity contribution is 9.10. The highest BCUT2D eigenvalue weighted by atomic mass is 79.9. The van der Waals surface area contributed by atoms with Crippen molar-refractivity contribution < 1.29 is 4.74 Å². The van der Waals surface area contributed by atoms with Crippen molar-refractivity contribution in [3.05, 3.63) is 28.2 Å². The Bertz CT molecular complexity index is 459. The zero-order valence-electron chi connectivity index (χ0n) is 12.3. The van der Waals surface area contributed by atoms with Crippen LogP contribution in [0.15, 0.2) is 22.7 Å². The molecule has 110 valence electrons. The third-order valence-corrected chi connectivity index (χ3v) is 3.78. The highest BCUT2D eigenvalue weighted by Crippen LogP contribution is 2.29. The Morgan fingerprint density at radius 3 is 2.80 bits per heavy atom. The van der Waals surface area contributed by atoms with Crippen molar-refractivity contribution in [2.75, 3.05) is 38.8 Å². The number of methoxy groups -OCH3 is 1. The molecule has 1 rings (SSSR count). The van der Waals surface area contributed by atoms with Crippen LogP contribution in [0, 0.1) is 11.3 Å². The van der Waals surface area contributed by atoms with E-state index in [1.807, 2.05) is 13.1 Å². The van der Waals surface area contributed by atoms with Crippen molar-refractivity contribution in [2.45, 2.75) is 19.4 Å². The summed E-state index contributed by atoms with van der Waals surface area (Å²) < 4.78 is 6.24. The van der Waals surface area contributed by atoms with Gasteiger partial charge in [0.15, 0.2) is 0 Å². The van der Waals surface area contributed by atoms with Crippen LogP contribution >= 0.6 is 15.9 Å². The van der Waals surface area contributed by atoms with E-state index in [0.29, 0.717) is 19.6 Å². The van der Waals surface area contributed by atoms with Gasteiger partial charge < -0.3 is 15.0 Å². The maximum atomic E-state index is 8.83. The Kier molecular flexibility index (Phi) is 7.60. The molecule has 0 saturated carbocycles. The van der Waals surface area contributed by atoms with Gasteiger partial charge in [0, 0.05) is 36.4 Å². The molecule has 0 aliphatic heterocycles. The summed E-state index contributed by atoms with van der Waals surface area (Å²) >= 11 is 3.52. The zero-order chi connectivity index (χ0) is 15.0. The summed E-state index contributed by atoms with van der Waals surface area (Å²) in [5, 5.41) is 12.1. The van der Waals surface area contributed by atoms with Crippen molar-refractivity contribution in [2.24, 2.45) is 0 Å². The van der Waals surface area contributed by atoms with Gasteiger partial charge in [-0.05, 0) is 37.7 Å². The maximum absolute atomic E-state index is 8.83. The lowest BCUT2D eigenvalue weighted by molar-refractivity contribution is 0.205. The van der Waals surface area contributed by atoms with Crippen LogP contribution in [0.3, 0.4) is 0 Å². The third-order valence-electron chi connectivity index (χ3n) is 3.29. The molecule has 0 fully saturated rings. The molecule has 0 aliphatic rings. The minimum absolute atomic E-state index is 0.245. The van der Waals surface area contributed by atoms with Crippen molar-refractivity contribution in [3.8, 4) is 6.07 Å². The number of nitriles is 1. The second-order valence-corrected chi connectivity index (χ2v) is 5.52. The van der Waals surface area contributed by atoms with Crippen molar-refractivity contribution in [3.63, 3.8) is 0 Å². The number of hydrogen-bond acceptors (Lipinski definition) is 4. The standard InChI is InChI=1S/C15H22BrN3O/c1-12(18-2)14-11-13(16)5-6-15(14)19(8-4-7-17)9-10-20-3/h5-6,11-12,18H,4,8-10H2,1-3H3. The number of nitrogens with zero attached hydrogens (tertiary/aromatic N) is 2. The van der Waals surface area contributed by atoms with Crippen LogP contribution in [0.25, 0.3) is 0 Å². The lowest BCUT2D eigenvalue weighted by Crippen LogP contribution is -2.30. The molecular formula is C15H22BrN3O. The van der Waals surface area contributed by atoms with E-state index in [1.165, 1.54) is 5.56 Å². The fourth-order valence-corrected chi connectivity index (χ4v) is 2.43. The Balaban J connectivity index is 3.07. The highest BCUT2D eigenvalue weighted by Gasteiger charge is 2.15. The van der Waals surface area contributed by atoms with Gasteiger partial charge in [0.2, 0.25) is 0 Å². The van der Waals surface area contributed by atoms with Crippen LogP contribution in [0.2, 0.25) is 0 Å². The molecular weight excluding hydrogens is 318 g/mol. The average Bonchev–Trinajstić information content (AvgIpc) is 2.47. The Morgan fingerprint density at radius 2 is 2.20 bits per heavy atom. The van der Waals surface area contributed by atoms with Gasteiger partial charge in [0.05, 0.1) is 19.1 Å². The Labute approximate surface area is 129 Å². The zero-order valence-corrected chi connectivity index (χ0v) is 13.9. The second-order valence-electron chi connectivity index (χ2n) is 4.60. The van der Waals surface area contributed by atoms with Gasteiger partial charge in [-0.15, -0.1) is 0 Å². The van der Waals surface area contributed by atoms with Crippen LogP contribution in [0.5, 0.6) is 0 Å². The predicted molar refractivity (Wildman–Crippen MR) is 85.9 cm³/mol. The third kappa shape index (κ3) is 4.78. The molecule has 0 aromatic heterocycles. The lowest BCUT2D eigenvalue weighted by Gasteiger charge is -2.28. The largest absolute Gasteiger partial charge is 0.383 e. The van der Waals surface area contributed by atoms with Crippen molar-refractivity contribution in [1.82, 2.24) is 5.32 Å². The van der Waals surface area contributed by atoms with Gasteiger partial charge in [-0.2, -0.15) is 5.26 Å². The van der Waals surface area contributed by atoms with Crippen molar-refractivity contribution >= 4 is 21.6 Å². The topological polar surface area (TPSA) is 48.3 Å². The summed E-state index contributed by atoms with van der Waals surface area (Å²) in [6.07, 6.45) is 0.507. The van der Waals surface area contributed by atoms with E-state index in [9.17, 15) is 0 Å². The molecule has 1 atom stereocenters. The first-order valence-electron chi connectivity index (χ1n) is 6.71. The first-order valence-corrected chi connectivity index (χ1v) is 7.50. The van der Waals surface area contributed by atoms with E-state index < -0.39 is 0 Å². The first kappa shape index (κ1) is 17.0. The monoisotopic (exact) mass is 339 g/mol. The van der Waals surface area contributed by atoms with Gasteiger partial charge in [-0.3, -0.25) is 0 Å². The van der Waals surface area contributed by atoms with Crippen molar-refractivity contribution in [1.29, 1.82) is 5.26 Å². The molecule has 0 amide bonds. The molecule has 5 heteroatoms. The van der Waals surface area contributed by atoms with Crippen LogP contribution in [0.1, 0.15) is 24.9 Å². The molecule has 1 aromatic rings. The molecule has 1 unspecified atom stereocenters. The molecule has 4 nitrogen and oxygen atoms in total. The molecule has 0 heterocycles. The maximum Gasteiger partial charge on any atom is 0.0640 e. The number of nitrogens with one attached hydrogen (secondary N) is 1. The SMILES string of the molecule is CNC(C)c1cc(Br)ccc1N(CCC#N)CCOC. The number of rotatable bonds is 8. The predicted octanol–water partition coefficient (Wildman–Crippen LogP) is 3.10. The summed E-state index contributed by atoms with van der Waals surface area (Å²) in [6.45, 7) is 4.27. The average molecular weight is 340 g/mol. The summed E-state index contributed by atoms with van der Waals surface area (Å²) in [6, 6.07) is 8.72. The Morgan fingerprint density at radius 1 is 1.45 bits per heavy atom. The molecule has 0 radical (unpaired) electrons. The van der Waals surface area contributed by atoms with Gasteiger partial charge in [0.25, 0.3) is 0 Å². The molecule has 20 heavy (non-hydrogen) atoms. The normalized spacial score (nSPS) is 11.9. The second kappa shape index (κ2) is 8.96. The quantitative estimate of drug-likeness (QED) is 0.790. The van der Waals surface area contributed by atoms with E-state index in [2.05, 4.69) is 51.3 Å². The molecule has 1 N–H and O–H groups in total. The van der Waals surface area contributed by atoms with Crippen LogP contribution < -0.4 is 10.2 Å². The number of ether oxygens (including phenoxy) is 1. The molecule has 0 saturated heterocycles. The van der Waals surface area contributed by atoms with E-state index in [4.69, 9.17) is 10.00 Å². The van der Waals surface area contributed by atoms with E-state index in [1.54, 1.807) is 7.11 Å². The fraction of sp³-hybridized carbons (Fsp3) is 0.533. The minimum atomic E-state index is 0.245. The van der Waals surface area contributed by atoms with Gasteiger partial charge >= 0.3 is 0 Å². The molecule has 0 aliphatic carbocycles. The number of hydrogen-bond donors (Lipinski definition) is 1. The number of halogens is 1. The van der Waals surface area contributed by atoms with Crippen LogP contribution in [0.4, 0.5) is 5.69 Å².